The Balaban J connectivity index is 1.07. The minimum absolute atomic E-state index is 0.00335. The monoisotopic (exact) mass is 694 g/mol. The number of hydrogen-bond donors (Lipinski definition) is 0. The fraction of sp³-hybridized carbons (Fsp3) is 0.154. The largest absolute Gasteiger partial charge is 0.248 e. The van der Waals surface area contributed by atoms with Crippen molar-refractivity contribution in [3.8, 4) is 67.2 Å². The summed E-state index contributed by atoms with van der Waals surface area (Å²) in [5, 5.41) is 2.59. The van der Waals surface area contributed by atoms with Gasteiger partial charge in [0.15, 0.2) is 0 Å². The van der Waals surface area contributed by atoms with Gasteiger partial charge >= 0.3 is 0 Å². The zero-order chi connectivity index (χ0) is 36.6. The molecule has 0 spiro atoms. The van der Waals surface area contributed by atoms with Crippen molar-refractivity contribution in [2.45, 2.75) is 52.4 Å². The summed E-state index contributed by atoms with van der Waals surface area (Å²) in [6.45, 7) is 9.18. The summed E-state index contributed by atoms with van der Waals surface area (Å²) in [5.74, 6) is 0. The van der Waals surface area contributed by atoms with E-state index in [1.165, 1.54) is 77.5 Å². The van der Waals surface area contributed by atoms with Crippen LogP contribution in [-0.4, -0.2) is 9.97 Å². The molecule has 0 amide bonds. The highest BCUT2D eigenvalue weighted by Gasteiger charge is 2.36. The van der Waals surface area contributed by atoms with Crippen LogP contribution in [0.2, 0.25) is 0 Å². The Labute approximate surface area is 318 Å². The summed E-state index contributed by atoms with van der Waals surface area (Å²) >= 11 is 0. The molecule has 2 nitrogen and oxygen atoms in total. The lowest BCUT2D eigenvalue weighted by Gasteiger charge is -2.21. The lowest BCUT2D eigenvalue weighted by molar-refractivity contribution is 0.661. The van der Waals surface area contributed by atoms with Gasteiger partial charge in [-0.25, -0.2) is 9.97 Å². The van der Waals surface area contributed by atoms with Crippen LogP contribution in [0.4, 0.5) is 0 Å². The summed E-state index contributed by atoms with van der Waals surface area (Å²) in [5.41, 5.74) is 21.9. The highest BCUT2D eigenvalue weighted by Crippen LogP contribution is 2.51. The van der Waals surface area contributed by atoms with Crippen LogP contribution in [0, 0.1) is 0 Å². The van der Waals surface area contributed by atoms with E-state index in [1.807, 2.05) is 0 Å². The maximum absolute atomic E-state index is 5.45. The Kier molecular flexibility index (Phi) is 7.52. The first-order valence-electron chi connectivity index (χ1n) is 19.4. The van der Waals surface area contributed by atoms with E-state index in [0.29, 0.717) is 0 Å². The molecule has 0 radical (unpaired) electrons. The minimum Gasteiger partial charge on any atom is -0.248 e. The van der Waals surface area contributed by atoms with Crippen LogP contribution in [0.5, 0.6) is 0 Å². The molecule has 2 heteroatoms. The third-order valence-electron chi connectivity index (χ3n) is 12.1. The topological polar surface area (TPSA) is 25.8 Å². The van der Waals surface area contributed by atoms with Gasteiger partial charge in [-0.05, 0) is 96.9 Å². The van der Waals surface area contributed by atoms with Crippen molar-refractivity contribution in [1.82, 2.24) is 9.97 Å². The van der Waals surface area contributed by atoms with Crippen molar-refractivity contribution in [2.24, 2.45) is 0 Å². The van der Waals surface area contributed by atoms with Gasteiger partial charge in [0.1, 0.15) is 0 Å². The number of aromatic nitrogens is 2. The van der Waals surface area contributed by atoms with Crippen LogP contribution >= 0.6 is 0 Å². The van der Waals surface area contributed by atoms with E-state index in [0.717, 1.165) is 53.2 Å². The predicted molar refractivity (Wildman–Crippen MR) is 226 cm³/mol. The average molecular weight is 695 g/mol. The van der Waals surface area contributed by atoms with Gasteiger partial charge in [0.2, 0.25) is 0 Å². The van der Waals surface area contributed by atoms with Gasteiger partial charge in [0, 0.05) is 28.5 Å². The lowest BCUT2D eigenvalue weighted by atomic mass is 9.82. The Hall–Kier alpha value is -6.12. The average Bonchev–Trinajstić information content (AvgIpc) is 3.71. The molecule has 2 aliphatic rings. The standard InChI is InChI=1S/C52H42N2/c1-5-32-13-7-9-15-40(32)41-26-24-39(29-33(41)6-2)50-49(54-51-43-16-10-8-14-37(43)31-47(51)53-50)35-21-19-34(20-22-35)36-23-27-42-38(30-36)25-28-46-48(42)44-17-11-12-18-45(44)52(46,3)4/h7-30H,5-6,31H2,1-4H3. The SMILES string of the molecule is CCc1ccccc1-c1ccc(-c2nc3c(nc2-c2ccc(-c4ccc5c6c(ccc5c4)C(C)(C)c4ccccc4-6)cc2)-c2ccccc2C3)cc1CC. The number of fused-ring (bicyclic) bond motifs is 8. The Morgan fingerprint density at radius 2 is 1.13 bits per heavy atom. The third-order valence-corrected chi connectivity index (χ3v) is 12.1. The van der Waals surface area contributed by atoms with E-state index in [2.05, 4.69) is 173 Å². The first kappa shape index (κ1) is 32.5. The van der Waals surface area contributed by atoms with Crippen LogP contribution in [0.15, 0.2) is 146 Å². The molecule has 0 N–H and O–H groups in total. The number of benzene rings is 7. The van der Waals surface area contributed by atoms with Gasteiger partial charge < -0.3 is 0 Å². The summed E-state index contributed by atoms with van der Waals surface area (Å²) in [6, 6.07) is 53.8. The molecule has 0 fully saturated rings. The van der Waals surface area contributed by atoms with Crippen LogP contribution in [0.3, 0.4) is 0 Å². The van der Waals surface area contributed by atoms with Crippen LogP contribution < -0.4 is 0 Å². The highest BCUT2D eigenvalue weighted by molar-refractivity contribution is 6.03. The third kappa shape index (κ3) is 5.01. The number of aryl methyl sites for hydroxylation is 2. The quantitative estimate of drug-likeness (QED) is 0.173. The molecule has 0 saturated carbocycles. The molecular formula is C52H42N2. The van der Waals surface area contributed by atoms with Crippen LogP contribution in [0.1, 0.15) is 61.2 Å². The fourth-order valence-electron chi connectivity index (χ4n) is 9.22. The van der Waals surface area contributed by atoms with Crippen LogP contribution in [0.25, 0.3) is 77.9 Å². The number of rotatable bonds is 6. The Bertz CT molecular complexity index is 2790. The molecule has 54 heavy (non-hydrogen) atoms. The van der Waals surface area contributed by atoms with Crippen molar-refractivity contribution >= 4 is 10.8 Å². The Morgan fingerprint density at radius 3 is 1.94 bits per heavy atom. The van der Waals surface area contributed by atoms with Crippen molar-refractivity contribution in [3.05, 3.63) is 179 Å². The van der Waals surface area contributed by atoms with Crippen molar-refractivity contribution in [3.63, 3.8) is 0 Å². The molecule has 7 aromatic carbocycles. The predicted octanol–water partition coefficient (Wildman–Crippen LogP) is 13.3. The summed E-state index contributed by atoms with van der Waals surface area (Å²) < 4.78 is 0. The molecule has 10 rings (SSSR count). The minimum atomic E-state index is -0.00335. The second kappa shape index (κ2) is 12.5. The van der Waals surface area contributed by atoms with Gasteiger partial charge in [-0.2, -0.15) is 0 Å². The van der Waals surface area contributed by atoms with Gasteiger partial charge in [-0.1, -0.05) is 161 Å². The molecule has 2 aliphatic carbocycles. The van der Waals surface area contributed by atoms with Gasteiger partial charge in [0.25, 0.3) is 0 Å². The molecule has 0 aliphatic heterocycles. The van der Waals surface area contributed by atoms with Gasteiger partial charge in [-0.15, -0.1) is 0 Å². The molecule has 0 unspecified atom stereocenters. The summed E-state index contributed by atoms with van der Waals surface area (Å²) in [6.07, 6.45) is 2.75. The second-order valence-electron chi connectivity index (χ2n) is 15.5. The van der Waals surface area contributed by atoms with Crippen molar-refractivity contribution in [1.29, 1.82) is 0 Å². The summed E-state index contributed by atoms with van der Waals surface area (Å²) in [4.78, 5) is 10.9. The first-order chi connectivity index (χ1) is 26.4. The van der Waals surface area contributed by atoms with E-state index >= 15 is 0 Å². The lowest BCUT2D eigenvalue weighted by Crippen LogP contribution is -2.14. The molecular weight excluding hydrogens is 653 g/mol. The molecule has 260 valence electrons. The molecule has 8 aromatic rings. The zero-order valence-electron chi connectivity index (χ0n) is 31.4. The highest BCUT2D eigenvalue weighted by atomic mass is 14.9. The molecule has 1 aromatic heterocycles. The maximum Gasteiger partial charge on any atom is 0.0973 e. The maximum atomic E-state index is 5.45. The van der Waals surface area contributed by atoms with Crippen LogP contribution in [-0.2, 0) is 24.7 Å². The normalized spacial score (nSPS) is 13.4. The van der Waals surface area contributed by atoms with E-state index in [4.69, 9.17) is 9.97 Å². The van der Waals surface area contributed by atoms with E-state index in [9.17, 15) is 0 Å². The van der Waals surface area contributed by atoms with E-state index in [-0.39, 0.29) is 5.41 Å². The fourth-order valence-corrected chi connectivity index (χ4v) is 9.22. The van der Waals surface area contributed by atoms with Crippen molar-refractivity contribution < 1.29 is 0 Å². The molecule has 0 saturated heterocycles. The second-order valence-corrected chi connectivity index (χ2v) is 15.5. The van der Waals surface area contributed by atoms with Gasteiger partial charge in [0.05, 0.1) is 22.8 Å². The van der Waals surface area contributed by atoms with E-state index < -0.39 is 0 Å². The van der Waals surface area contributed by atoms with Gasteiger partial charge in [-0.3, -0.25) is 0 Å². The number of nitrogens with zero attached hydrogens (tertiary/aromatic N) is 2. The first-order valence-corrected chi connectivity index (χ1v) is 19.4. The zero-order valence-corrected chi connectivity index (χ0v) is 31.4. The van der Waals surface area contributed by atoms with Crippen molar-refractivity contribution in [2.75, 3.05) is 0 Å². The Morgan fingerprint density at radius 1 is 0.481 bits per heavy atom. The molecule has 0 atom stereocenters. The molecule has 0 bridgehead atoms. The molecule has 1 heterocycles. The smallest absolute Gasteiger partial charge is 0.0973 e. The summed E-state index contributed by atoms with van der Waals surface area (Å²) in [7, 11) is 0. The number of hydrogen-bond acceptors (Lipinski definition) is 2. The van der Waals surface area contributed by atoms with E-state index in [1.54, 1.807) is 0 Å².